The molecule has 0 aliphatic rings. The number of aliphatic imine (C=N–C) groups is 1. The molecule has 0 aromatic heterocycles. The molecule has 0 aliphatic heterocycles. The lowest BCUT2D eigenvalue weighted by atomic mass is 9.95. The van der Waals surface area contributed by atoms with Gasteiger partial charge in [-0.2, -0.15) is 0 Å². The molecule has 72 valence electrons. The lowest BCUT2D eigenvalue weighted by Gasteiger charge is -2.11. The fourth-order valence-electron chi connectivity index (χ4n) is 1.33. The molecule has 1 heteroatoms. The smallest absolute Gasteiger partial charge is 0.0335 e. The lowest BCUT2D eigenvalue weighted by Crippen LogP contribution is -1.95. The minimum absolute atomic E-state index is 0.522. The standard InChI is InChI=1S/C12H19N/c1-6-8-11(9-13-5)12(7-2)10(3)4/h6-10H,5H2,1-4H3/b8-6-,11-9+,12-7+. The molecule has 0 amide bonds. The summed E-state index contributed by atoms with van der Waals surface area (Å²) in [5.41, 5.74) is 2.46. The molecular formula is C12H19N. The van der Waals surface area contributed by atoms with Crippen LogP contribution in [0, 0.1) is 5.92 Å². The second-order valence-corrected chi connectivity index (χ2v) is 3.17. The van der Waals surface area contributed by atoms with E-state index in [1.807, 2.05) is 13.0 Å². The Hall–Kier alpha value is -1.11. The molecule has 0 spiro atoms. The SMILES string of the molecule is C=N/C=C(\C=C/C)C(=C/C)/C(C)C. The van der Waals surface area contributed by atoms with E-state index in [9.17, 15) is 0 Å². The van der Waals surface area contributed by atoms with Crippen molar-refractivity contribution in [1.29, 1.82) is 0 Å². The summed E-state index contributed by atoms with van der Waals surface area (Å²) in [4.78, 5) is 3.80. The third-order valence-electron chi connectivity index (χ3n) is 1.84. The van der Waals surface area contributed by atoms with Crippen molar-refractivity contribution in [3.8, 4) is 0 Å². The molecule has 1 nitrogen and oxygen atoms in total. The first-order chi connectivity index (χ1) is 6.17. The van der Waals surface area contributed by atoms with Crippen LogP contribution in [0.1, 0.15) is 27.7 Å². The number of hydrogen-bond donors (Lipinski definition) is 0. The zero-order chi connectivity index (χ0) is 10.3. The maximum absolute atomic E-state index is 3.80. The molecule has 13 heavy (non-hydrogen) atoms. The molecule has 0 radical (unpaired) electrons. The fraction of sp³-hybridized carbons (Fsp3) is 0.417. The number of nitrogens with zero attached hydrogens (tertiary/aromatic N) is 1. The highest BCUT2D eigenvalue weighted by molar-refractivity contribution is 5.41. The average molecular weight is 177 g/mol. The van der Waals surface area contributed by atoms with Gasteiger partial charge in [0.15, 0.2) is 0 Å². The Morgan fingerprint density at radius 1 is 1.31 bits per heavy atom. The highest BCUT2D eigenvalue weighted by Crippen LogP contribution is 2.20. The van der Waals surface area contributed by atoms with E-state index in [-0.39, 0.29) is 0 Å². The molecule has 0 aromatic rings. The van der Waals surface area contributed by atoms with Crippen LogP contribution in [0.4, 0.5) is 0 Å². The van der Waals surface area contributed by atoms with Gasteiger partial charge in [0.2, 0.25) is 0 Å². The highest BCUT2D eigenvalue weighted by Gasteiger charge is 2.04. The number of hydrogen-bond acceptors (Lipinski definition) is 1. The van der Waals surface area contributed by atoms with Gasteiger partial charge in [-0.05, 0) is 37.6 Å². The van der Waals surface area contributed by atoms with E-state index >= 15 is 0 Å². The summed E-state index contributed by atoms with van der Waals surface area (Å²) in [5.74, 6) is 0.522. The van der Waals surface area contributed by atoms with E-state index in [0.717, 1.165) is 5.57 Å². The summed E-state index contributed by atoms with van der Waals surface area (Å²) >= 11 is 0. The predicted octanol–water partition coefficient (Wildman–Crippen LogP) is 3.75. The Kier molecular flexibility index (Phi) is 5.86. The van der Waals surface area contributed by atoms with Crippen molar-refractivity contribution in [2.45, 2.75) is 27.7 Å². The van der Waals surface area contributed by atoms with E-state index in [1.54, 1.807) is 6.20 Å². The molecule has 0 aromatic carbocycles. The van der Waals surface area contributed by atoms with Crippen molar-refractivity contribution in [3.63, 3.8) is 0 Å². The van der Waals surface area contributed by atoms with E-state index < -0.39 is 0 Å². The third-order valence-corrected chi connectivity index (χ3v) is 1.84. The fourth-order valence-corrected chi connectivity index (χ4v) is 1.33. The van der Waals surface area contributed by atoms with Crippen LogP contribution in [0.5, 0.6) is 0 Å². The predicted molar refractivity (Wildman–Crippen MR) is 61.0 cm³/mol. The number of allylic oxidation sites excluding steroid dienone is 5. The normalized spacial score (nSPS) is 14.2. The molecule has 0 rings (SSSR count). The summed E-state index contributed by atoms with van der Waals surface area (Å²) in [5, 5.41) is 0. The first-order valence-electron chi connectivity index (χ1n) is 4.62. The lowest BCUT2D eigenvalue weighted by molar-refractivity contribution is 0.780. The summed E-state index contributed by atoms with van der Waals surface area (Å²) in [6.45, 7) is 11.9. The van der Waals surface area contributed by atoms with Crippen molar-refractivity contribution >= 4 is 6.72 Å². The Labute approximate surface area is 81.6 Å². The van der Waals surface area contributed by atoms with Crippen molar-refractivity contribution in [2.24, 2.45) is 10.9 Å². The third kappa shape index (κ3) is 3.88. The first kappa shape index (κ1) is 11.9. The van der Waals surface area contributed by atoms with Crippen LogP contribution < -0.4 is 0 Å². The van der Waals surface area contributed by atoms with Crippen LogP contribution in [0.15, 0.2) is 40.6 Å². The molecule has 0 aliphatic carbocycles. The maximum atomic E-state index is 3.80. The van der Waals surface area contributed by atoms with Crippen molar-refractivity contribution < 1.29 is 0 Å². The van der Waals surface area contributed by atoms with Crippen LogP contribution in [0.3, 0.4) is 0 Å². The van der Waals surface area contributed by atoms with Gasteiger partial charge in [-0.15, -0.1) is 0 Å². The summed E-state index contributed by atoms with van der Waals surface area (Å²) < 4.78 is 0. The second kappa shape index (κ2) is 6.41. The Morgan fingerprint density at radius 2 is 1.92 bits per heavy atom. The van der Waals surface area contributed by atoms with Crippen molar-refractivity contribution in [2.75, 3.05) is 0 Å². The molecular weight excluding hydrogens is 158 g/mol. The molecule has 0 heterocycles. The van der Waals surface area contributed by atoms with Gasteiger partial charge >= 0.3 is 0 Å². The van der Waals surface area contributed by atoms with Crippen molar-refractivity contribution in [1.82, 2.24) is 0 Å². The second-order valence-electron chi connectivity index (χ2n) is 3.17. The monoisotopic (exact) mass is 177 g/mol. The minimum Gasteiger partial charge on any atom is -0.272 e. The van der Waals surface area contributed by atoms with Gasteiger partial charge in [-0.1, -0.05) is 32.1 Å². The van der Waals surface area contributed by atoms with Gasteiger partial charge in [0.25, 0.3) is 0 Å². The molecule has 0 bridgehead atoms. The topological polar surface area (TPSA) is 12.4 Å². The van der Waals surface area contributed by atoms with E-state index in [2.05, 4.69) is 44.6 Å². The summed E-state index contributed by atoms with van der Waals surface area (Å²) in [6.07, 6.45) is 8.00. The van der Waals surface area contributed by atoms with E-state index in [0.29, 0.717) is 5.92 Å². The quantitative estimate of drug-likeness (QED) is 0.458. The minimum atomic E-state index is 0.522. The maximum Gasteiger partial charge on any atom is 0.0335 e. The van der Waals surface area contributed by atoms with Crippen LogP contribution in [-0.2, 0) is 0 Å². The zero-order valence-electron chi connectivity index (χ0n) is 9.04. The van der Waals surface area contributed by atoms with Gasteiger partial charge < -0.3 is 0 Å². The average Bonchev–Trinajstić information content (AvgIpc) is 2.05. The molecule has 0 unspecified atom stereocenters. The van der Waals surface area contributed by atoms with E-state index in [4.69, 9.17) is 0 Å². The summed E-state index contributed by atoms with van der Waals surface area (Å²) in [7, 11) is 0. The Morgan fingerprint density at radius 3 is 2.23 bits per heavy atom. The number of rotatable bonds is 4. The molecule has 0 N–H and O–H groups in total. The molecule has 0 fully saturated rings. The van der Waals surface area contributed by atoms with Gasteiger partial charge in [0, 0.05) is 6.20 Å². The van der Waals surface area contributed by atoms with Crippen molar-refractivity contribution in [3.05, 3.63) is 35.6 Å². The van der Waals surface area contributed by atoms with Gasteiger partial charge in [-0.3, -0.25) is 4.99 Å². The molecule has 0 atom stereocenters. The summed E-state index contributed by atoms with van der Waals surface area (Å²) in [6, 6.07) is 0. The molecule has 0 saturated heterocycles. The zero-order valence-corrected chi connectivity index (χ0v) is 9.04. The largest absolute Gasteiger partial charge is 0.272 e. The van der Waals surface area contributed by atoms with Gasteiger partial charge in [-0.25, -0.2) is 0 Å². The molecule has 0 saturated carbocycles. The Bertz CT molecular complexity index is 242. The first-order valence-corrected chi connectivity index (χ1v) is 4.62. The van der Waals surface area contributed by atoms with Gasteiger partial charge in [0.05, 0.1) is 0 Å². The van der Waals surface area contributed by atoms with Crippen LogP contribution in [-0.4, -0.2) is 6.72 Å². The van der Waals surface area contributed by atoms with Crippen LogP contribution in [0.2, 0.25) is 0 Å². The van der Waals surface area contributed by atoms with Gasteiger partial charge in [0.1, 0.15) is 0 Å². The highest BCUT2D eigenvalue weighted by atomic mass is 14.6. The van der Waals surface area contributed by atoms with Crippen LogP contribution in [0.25, 0.3) is 0 Å². The van der Waals surface area contributed by atoms with Crippen LogP contribution >= 0.6 is 0 Å². The van der Waals surface area contributed by atoms with E-state index in [1.165, 1.54) is 5.57 Å². The Balaban J connectivity index is 4.93.